The van der Waals surface area contributed by atoms with E-state index in [1.807, 2.05) is 0 Å². The monoisotopic (exact) mass is 345 g/mol. The first-order valence-corrected chi connectivity index (χ1v) is 8.19. The zero-order valence-electron chi connectivity index (χ0n) is 11.6. The Bertz CT molecular complexity index is 589. The van der Waals surface area contributed by atoms with Crippen molar-refractivity contribution in [2.45, 2.75) is 19.6 Å². The summed E-state index contributed by atoms with van der Waals surface area (Å²) in [5.74, 6) is 0.484. The van der Waals surface area contributed by atoms with Gasteiger partial charge in [-0.3, -0.25) is 0 Å². The third-order valence-electron chi connectivity index (χ3n) is 2.96. The van der Waals surface area contributed by atoms with Gasteiger partial charge in [-0.1, -0.05) is 23.2 Å². The van der Waals surface area contributed by atoms with Gasteiger partial charge in [0, 0.05) is 29.1 Å². The summed E-state index contributed by atoms with van der Waals surface area (Å²) in [5.41, 5.74) is 1.27. The SMILES string of the molecule is Cc1ccsc1CNCC(O)COc1cc(Cl)ccc1Cl. The normalized spacial score (nSPS) is 12.4. The van der Waals surface area contributed by atoms with Gasteiger partial charge >= 0.3 is 0 Å². The number of ether oxygens (including phenoxy) is 1. The largest absolute Gasteiger partial charge is 0.489 e. The number of rotatable bonds is 7. The molecule has 0 radical (unpaired) electrons. The smallest absolute Gasteiger partial charge is 0.139 e. The van der Waals surface area contributed by atoms with E-state index < -0.39 is 6.10 Å². The Morgan fingerprint density at radius 1 is 1.33 bits per heavy atom. The van der Waals surface area contributed by atoms with Gasteiger partial charge in [0.25, 0.3) is 0 Å². The van der Waals surface area contributed by atoms with Crippen LogP contribution in [0.15, 0.2) is 29.6 Å². The molecule has 0 spiro atoms. The first-order valence-electron chi connectivity index (χ1n) is 6.56. The van der Waals surface area contributed by atoms with E-state index in [4.69, 9.17) is 27.9 Å². The molecule has 2 rings (SSSR count). The molecule has 1 atom stereocenters. The number of nitrogens with one attached hydrogen (secondary N) is 1. The van der Waals surface area contributed by atoms with E-state index in [0.29, 0.717) is 22.3 Å². The summed E-state index contributed by atoms with van der Waals surface area (Å²) in [7, 11) is 0. The van der Waals surface area contributed by atoms with Crippen LogP contribution in [0.2, 0.25) is 10.0 Å². The van der Waals surface area contributed by atoms with Crippen molar-refractivity contribution in [3.05, 3.63) is 50.1 Å². The van der Waals surface area contributed by atoms with Crippen LogP contribution < -0.4 is 10.1 Å². The second-order valence-electron chi connectivity index (χ2n) is 4.70. The number of hydrogen-bond donors (Lipinski definition) is 2. The molecular weight excluding hydrogens is 329 g/mol. The van der Waals surface area contributed by atoms with E-state index in [1.54, 1.807) is 29.5 Å². The number of benzene rings is 1. The van der Waals surface area contributed by atoms with Gasteiger partial charge in [-0.15, -0.1) is 11.3 Å². The molecule has 2 aromatic rings. The minimum atomic E-state index is -0.611. The van der Waals surface area contributed by atoms with Crippen molar-refractivity contribution in [3.8, 4) is 5.75 Å². The maximum atomic E-state index is 9.91. The van der Waals surface area contributed by atoms with Gasteiger partial charge in [0.2, 0.25) is 0 Å². The molecule has 6 heteroatoms. The van der Waals surface area contributed by atoms with Crippen molar-refractivity contribution in [2.75, 3.05) is 13.2 Å². The molecule has 1 aromatic heterocycles. The fourth-order valence-electron chi connectivity index (χ4n) is 1.77. The molecule has 114 valence electrons. The number of thiophene rings is 1. The molecule has 0 aliphatic heterocycles. The van der Waals surface area contributed by atoms with Crippen LogP contribution in [0.25, 0.3) is 0 Å². The number of aliphatic hydroxyl groups is 1. The standard InChI is InChI=1S/C15H17Cl2NO2S/c1-10-4-5-21-15(10)8-18-7-12(19)9-20-14-6-11(16)2-3-13(14)17/h2-6,12,18-19H,7-9H2,1H3. The third-order valence-corrected chi connectivity index (χ3v) is 4.53. The first-order chi connectivity index (χ1) is 10.1. The molecule has 0 aliphatic carbocycles. The highest BCUT2D eigenvalue weighted by Crippen LogP contribution is 2.27. The Balaban J connectivity index is 1.73. The highest BCUT2D eigenvalue weighted by molar-refractivity contribution is 7.10. The molecule has 1 aromatic carbocycles. The van der Waals surface area contributed by atoms with E-state index in [9.17, 15) is 5.11 Å². The number of halogens is 2. The lowest BCUT2D eigenvalue weighted by Crippen LogP contribution is -2.31. The van der Waals surface area contributed by atoms with Gasteiger partial charge in [0.15, 0.2) is 0 Å². The zero-order valence-corrected chi connectivity index (χ0v) is 13.9. The second-order valence-corrected chi connectivity index (χ2v) is 6.54. The highest BCUT2D eigenvalue weighted by atomic mass is 35.5. The van der Waals surface area contributed by atoms with Gasteiger partial charge < -0.3 is 15.2 Å². The Morgan fingerprint density at radius 2 is 2.14 bits per heavy atom. The van der Waals surface area contributed by atoms with E-state index in [-0.39, 0.29) is 6.61 Å². The fourth-order valence-corrected chi connectivity index (χ4v) is 2.98. The molecule has 3 nitrogen and oxygen atoms in total. The first kappa shape index (κ1) is 16.6. The van der Waals surface area contributed by atoms with Crippen LogP contribution >= 0.6 is 34.5 Å². The van der Waals surface area contributed by atoms with Crippen molar-refractivity contribution >= 4 is 34.5 Å². The van der Waals surface area contributed by atoms with Crippen molar-refractivity contribution in [1.82, 2.24) is 5.32 Å². The molecule has 0 amide bonds. The molecule has 0 saturated carbocycles. The predicted octanol–water partition coefficient (Wildman–Crippen LogP) is 3.89. The highest BCUT2D eigenvalue weighted by Gasteiger charge is 2.08. The van der Waals surface area contributed by atoms with Crippen molar-refractivity contribution in [1.29, 1.82) is 0 Å². The Hall–Kier alpha value is -0.780. The van der Waals surface area contributed by atoms with E-state index in [1.165, 1.54) is 10.4 Å². The molecule has 0 fully saturated rings. The van der Waals surface area contributed by atoms with E-state index in [0.717, 1.165) is 6.54 Å². The molecule has 0 aliphatic rings. The van der Waals surface area contributed by atoms with Gasteiger partial charge in [0.1, 0.15) is 18.5 Å². The summed E-state index contributed by atoms with van der Waals surface area (Å²) in [5, 5.41) is 16.2. The Morgan fingerprint density at radius 3 is 2.86 bits per heavy atom. The minimum absolute atomic E-state index is 0.163. The van der Waals surface area contributed by atoms with Crippen molar-refractivity contribution < 1.29 is 9.84 Å². The van der Waals surface area contributed by atoms with Crippen LogP contribution in [0, 0.1) is 6.92 Å². The predicted molar refractivity (Wildman–Crippen MR) is 88.7 cm³/mol. The van der Waals surface area contributed by atoms with Crippen LogP contribution in [0.1, 0.15) is 10.4 Å². The van der Waals surface area contributed by atoms with Crippen LogP contribution in [0.3, 0.4) is 0 Å². The fraction of sp³-hybridized carbons (Fsp3) is 0.333. The molecule has 2 N–H and O–H groups in total. The number of aryl methyl sites for hydroxylation is 1. The van der Waals surface area contributed by atoms with Crippen LogP contribution in [-0.4, -0.2) is 24.4 Å². The summed E-state index contributed by atoms with van der Waals surface area (Å²) in [4.78, 5) is 1.28. The maximum absolute atomic E-state index is 9.91. The van der Waals surface area contributed by atoms with Crippen LogP contribution in [0.4, 0.5) is 0 Å². The van der Waals surface area contributed by atoms with E-state index in [2.05, 4.69) is 23.7 Å². The van der Waals surface area contributed by atoms with Gasteiger partial charge in [-0.25, -0.2) is 0 Å². The Kier molecular flexibility index (Phi) is 6.33. The quantitative estimate of drug-likeness (QED) is 0.799. The molecule has 0 bridgehead atoms. The zero-order chi connectivity index (χ0) is 15.2. The summed E-state index contributed by atoms with van der Waals surface area (Å²) in [6, 6.07) is 7.09. The summed E-state index contributed by atoms with van der Waals surface area (Å²) in [6.45, 7) is 3.44. The lowest BCUT2D eigenvalue weighted by atomic mass is 10.3. The average molecular weight is 346 g/mol. The maximum Gasteiger partial charge on any atom is 0.139 e. The molecule has 0 saturated heterocycles. The van der Waals surface area contributed by atoms with Gasteiger partial charge in [-0.2, -0.15) is 0 Å². The molecule has 1 unspecified atom stereocenters. The van der Waals surface area contributed by atoms with Gasteiger partial charge in [-0.05, 0) is 36.1 Å². The number of aliphatic hydroxyl groups excluding tert-OH is 1. The third kappa shape index (κ3) is 5.16. The van der Waals surface area contributed by atoms with Crippen molar-refractivity contribution in [3.63, 3.8) is 0 Å². The lowest BCUT2D eigenvalue weighted by molar-refractivity contribution is 0.106. The molecule has 1 heterocycles. The van der Waals surface area contributed by atoms with Gasteiger partial charge in [0.05, 0.1) is 5.02 Å². The lowest BCUT2D eigenvalue weighted by Gasteiger charge is -2.14. The molecular formula is C15H17Cl2NO2S. The van der Waals surface area contributed by atoms with Crippen LogP contribution in [-0.2, 0) is 6.54 Å². The molecule has 21 heavy (non-hydrogen) atoms. The average Bonchev–Trinajstić information content (AvgIpc) is 2.85. The summed E-state index contributed by atoms with van der Waals surface area (Å²) < 4.78 is 5.49. The van der Waals surface area contributed by atoms with E-state index >= 15 is 0 Å². The van der Waals surface area contributed by atoms with Crippen molar-refractivity contribution in [2.24, 2.45) is 0 Å². The topological polar surface area (TPSA) is 41.5 Å². The van der Waals surface area contributed by atoms with Crippen LogP contribution in [0.5, 0.6) is 5.75 Å². The Labute approximate surface area is 138 Å². The minimum Gasteiger partial charge on any atom is -0.489 e. The summed E-state index contributed by atoms with van der Waals surface area (Å²) >= 11 is 13.6. The second kappa shape index (κ2) is 8.01. The number of hydrogen-bond acceptors (Lipinski definition) is 4. The summed E-state index contributed by atoms with van der Waals surface area (Å²) in [6.07, 6.45) is -0.611.